The fraction of sp³-hybridized carbons (Fsp3) is 0.243. The summed E-state index contributed by atoms with van der Waals surface area (Å²) in [7, 11) is 0. The first-order chi connectivity index (χ1) is 22.0. The molecule has 2 saturated heterocycles. The van der Waals surface area contributed by atoms with E-state index in [0.29, 0.717) is 5.11 Å². The summed E-state index contributed by atoms with van der Waals surface area (Å²) < 4.78 is 14.1. The first kappa shape index (κ1) is 29.1. The maximum absolute atomic E-state index is 6.20. The molecule has 2 aromatic heterocycles. The highest BCUT2D eigenvalue weighted by molar-refractivity contribution is 7.80. The van der Waals surface area contributed by atoms with Crippen molar-refractivity contribution >= 4 is 28.7 Å². The van der Waals surface area contributed by atoms with Gasteiger partial charge < -0.3 is 29.2 Å². The second kappa shape index (κ2) is 12.4. The topological polar surface area (TPSA) is 54.8 Å². The van der Waals surface area contributed by atoms with Gasteiger partial charge in [-0.05, 0) is 117 Å². The van der Waals surface area contributed by atoms with Gasteiger partial charge in [-0.15, -0.1) is 0 Å². The van der Waals surface area contributed by atoms with Crippen LogP contribution in [0.2, 0.25) is 0 Å². The molecule has 1 N–H and O–H groups in total. The van der Waals surface area contributed by atoms with Gasteiger partial charge >= 0.3 is 0 Å². The van der Waals surface area contributed by atoms with Crippen LogP contribution in [0, 0.1) is 20.8 Å². The van der Waals surface area contributed by atoms with Crippen LogP contribution in [0.3, 0.4) is 0 Å². The number of ether oxygens (including phenoxy) is 2. The zero-order valence-electron chi connectivity index (χ0n) is 25.8. The van der Waals surface area contributed by atoms with Gasteiger partial charge in [0.25, 0.3) is 0 Å². The van der Waals surface area contributed by atoms with Crippen molar-refractivity contribution in [3.05, 3.63) is 131 Å². The van der Waals surface area contributed by atoms with E-state index in [1.165, 1.54) is 22.6 Å². The SMILES string of the molecule is Cc1ccccc1Oc1ccc(N2C(=S)NC(c3ccccn3)C2c2cc(C)n(-c3ccc(N4CCOCC4)cc3)c2C)cc1. The van der Waals surface area contributed by atoms with Crippen molar-refractivity contribution in [3.63, 3.8) is 0 Å². The van der Waals surface area contributed by atoms with Crippen molar-refractivity contribution in [3.8, 4) is 17.2 Å². The maximum Gasteiger partial charge on any atom is 0.174 e. The lowest BCUT2D eigenvalue weighted by atomic mass is 9.96. The maximum atomic E-state index is 6.20. The van der Waals surface area contributed by atoms with Crippen LogP contribution in [0.4, 0.5) is 11.4 Å². The molecule has 8 heteroatoms. The molecule has 0 saturated carbocycles. The number of benzene rings is 3. The molecule has 0 amide bonds. The molecule has 2 fully saturated rings. The van der Waals surface area contributed by atoms with Crippen molar-refractivity contribution in [1.82, 2.24) is 14.9 Å². The molecule has 0 spiro atoms. The third-order valence-electron chi connectivity index (χ3n) is 8.81. The van der Waals surface area contributed by atoms with E-state index >= 15 is 0 Å². The lowest BCUT2D eigenvalue weighted by Crippen LogP contribution is -2.36. The van der Waals surface area contributed by atoms with Crippen LogP contribution in [0.1, 0.15) is 40.3 Å². The quantitative estimate of drug-likeness (QED) is 0.189. The average molecular weight is 616 g/mol. The van der Waals surface area contributed by atoms with Gasteiger partial charge in [-0.3, -0.25) is 4.98 Å². The lowest BCUT2D eigenvalue weighted by molar-refractivity contribution is 0.122. The van der Waals surface area contributed by atoms with E-state index in [1.807, 2.05) is 48.7 Å². The van der Waals surface area contributed by atoms with E-state index in [9.17, 15) is 0 Å². The predicted molar refractivity (Wildman–Crippen MR) is 184 cm³/mol. The van der Waals surface area contributed by atoms with Gasteiger partial charge in [0.15, 0.2) is 5.11 Å². The number of aromatic nitrogens is 2. The molecular formula is C37H37N5O2S. The van der Waals surface area contributed by atoms with Crippen molar-refractivity contribution in [2.75, 3.05) is 36.1 Å². The fourth-order valence-corrected chi connectivity index (χ4v) is 6.89. The standard InChI is InChI=1S/C37H37N5O2S/c1-25-8-4-5-10-34(25)44-31-17-15-30(16-18-31)42-36(35(39-37(42)45)33-9-6-7-19-38-33)32-24-26(2)41(27(32)3)29-13-11-28(12-14-29)40-20-22-43-23-21-40/h4-19,24,35-36H,20-23H2,1-3H3,(H,39,45). The number of hydrogen-bond donors (Lipinski definition) is 1. The first-order valence-corrected chi connectivity index (χ1v) is 15.8. The molecule has 228 valence electrons. The van der Waals surface area contributed by atoms with Crippen LogP contribution in [0.25, 0.3) is 5.69 Å². The summed E-state index contributed by atoms with van der Waals surface area (Å²) in [5.74, 6) is 1.63. The summed E-state index contributed by atoms with van der Waals surface area (Å²) in [4.78, 5) is 9.35. The van der Waals surface area contributed by atoms with E-state index in [-0.39, 0.29) is 12.1 Å². The number of nitrogens with zero attached hydrogens (tertiary/aromatic N) is 4. The Balaban J connectivity index is 1.24. The number of morpholine rings is 1. The molecule has 0 aliphatic carbocycles. The number of para-hydroxylation sites is 1. The van der Waals surface area contributed by atoms with E-state index < -0.39 is 0 Å². The number of aryl methyl sites for hydroxylation is 2. The zero-order chi connectivity index (χ0) is 30.9. The van der Waals surface area contributed by atoms with Gasteiger partial charge in [0.05, 0.1) is 31.0 Å². The van der Waals surface area contributed by atoms with Crippen molar-refractivity contribution in [2.24, 2.45) is 0 Å². The van der Waals surface area contributed by atoms with Crippen LogP contribution >= 0.6 is 12.2 Å². The summed E-state index contributed by atoms with van der Waals surface area (Å²) in [6.07, 6.45) is 1.84. The molecule has 0 radical (unpaired) electrons. The summed E-state index contributed by atoms with van der Waals surface area (Å²) in [6, 6.07) is 33.2. The summed E-state index contributed by atoms with van der Waals surface area (Å²) >= 11 is 6.02. The van der Waals surface area contributed by atoms with Crippen LogP contribution in [-0.2, 0) is 4.74 Å². The number of nitrogens with one attached hydrogen (secondary N) is 1. The highest BCUT2D eigenvalue weighted by Crippen LogP contribution is 2.44. The van der Waals surface area contributed by atoms with E-state index in [2.05, 4.69) is 95.1 Å². The molecule has 7 nitrogen and oxygen atoms in total. The minimum atomic E-state index is -0.126. The molecule has 2 atom stereocenters. The van der Waals surface area contributed by atoms with Crippen molar-refractivity contribution in [2.45, 2.75) is 32.9 Å². The minimum Gasteiger partial charge on any atom is -0.457 e. The zero-order valence-corrected chi connectivity index (χ0v) is 26.6. The Bertz CT molecular complexity index is 1800. The Labute approximate surface area is 270 Å². The molecule has 3 aromatic carbocycles. The second-order valence-corrected chi connectivity index (χ2v) is 12.0. The van der Waals surface area contributed by atoms with Crippen molar-refractivity contribution < 1.29 is 9.47 Å². The Kier molecular flexibility index (Phi) is 8.00. The molecular weight excluding hydrogens is 579 g/mol. The van der Waals surface area contributed by atoms with Gasteiger partial charge in [0.2, 0.25) is 0 Å². The van der Waals surface area contributed by atoms with Crippen LogP contribution in [0.15, 0.2) is 103 Å². The number of hydrogen-bond acceptors (Lipinski definition) is 5. The monoisotopic (exact) mass is 615 g/mol. The molecule has 45 heavy (non-hydrogen) atoms. The smallest absolute Gasteiger partial charge is 0.174 e. The third kappa shape index (κ3) is 5.67. The van der Waals surface area contributed by atoms with Gasteiger partial charge in [0, 0.05) is 47.7 Å². The largest absolute Gasteiger partial charge is 0.457 e. The molecule has 2 aliphatic rings. The van der Waals surface area contributed by atoms with Gasteiger partial charge in [0.1, 0.15) is 11.5 Å². The molecule has 7 rings (SSSR count). The van der Waals surface area contributed by atoms with Crippen LogP contribution in [-0.4, -0.2) is 41.0 Å². The first-order valence-electron chi connectivity index (χ1n) is 15.4. The normalized spacial score (nSPS) is 18.2. The van der Waals surface area contributed by atoms with Crippen molar-refractivity contribution in [1.29, 1.82) is 0 Å². The molecule has 2 aliphatic heterocycles. The Morgan fingerprint density at radius 3 is 2.22 bits per heavy atom. The Hall–Kier alpha value is -4.66. The number of rotatable bonds is 7. The molecule has 2 unspecified atom stereocenters. The average Bonchev–Trinajstić information content (AvgIpc) is 3.57. The Morgan fingerprint density at radius 1 is 0.822 bits per heavy atom. The fourth-order valence-electron chi connectivity index (χ4n) is 6.54. The summed E-state index contributed by atoms with van der Waals surface area (Å²) in [6.45, 7) is 9.81. The molecule has 4 heterocycles. The molecule has 0 bridgehead atoms. The van der Waals surface area contributed by atoms with E-state index in [1.54, 1.807) is 0 Å². The number of thiocarbonyl (C=S) groups is 1. The van der Waals surface area contributed by atoms with E-state index in [0.717, 1.165) is 60.4 Å². The highest BCUT2D eigenvalue weighted by atomic mass is 32.1. The number of pyridine rings is 1. The van der Waals surface area contributed by atoms with Crippen LogP contribution in [0.5, 0.6) is 11.5 Å². The van der Waals surface area contributed by atoms with Gasteiger partial charge in [-0.1, -0.05) is 24.3 Å². The minimum absolute atomic E-state index is 0.108. The van der Waals surface area contributed by atoms with Gasteiger partial charge in [-0.2, -0.15) is 0 Å². The van der Waals surface area contributed by atoms with E-state index in [4.69, 9.17) is 26.7 Å². The van der Waals surface area contributed by atoms with Crippen LogP contribution < -0.4 is 19.9 Å². The van der Waals surface area contributed by atoms with Gasteiger partial charge in [-0.25, -0.2) is 0 Å². The molecule has 5 aromatic rings. The Morgan fingerprint density at radius 2 is 1.51 bits per heavy atom. The summed E-state index contributed by atoms with van der Waals surface area (Å²) in [5, 5.41) is 4.28. The third-order valence-corrected chi connectivity index (χ3v) is 9.12. The number of anilines is 2. The highest BCUT2D eigenvalue weighted by Gasteiger charge is 2.42. The summed E-state index contributed by atoms with van der Waals surface area (Å²) in [5.41, 5.74) is 8.95. The second-order valence-electron chi connectivity index (χ2n) is 11.6. The predicted octanol–water partition coefficient (Wildman–Crippen LogP) is 7.60. The lowest BCUT2D eigenvalue weighted by Gasteiger charge is -2.29.